The molecule has 1 heterocycles. The molecule has 14 heteroatoms. The van der Waals surface area contributed by atoms with Gasteiger partial charge in [-0.1, -0.05) is 35.8 Å². The number of amides is 2. The van der Waals surface area contributed by atoms with Gasteiger partial charge in [-0.05, 0) is 12.8 Å². The van der Waals surface area contributed by atoms with Crippen LogP contribution < -0.4 is 21.7 Å². The lowest BCUT2D eigenvalue weighted by atomic mass is 9.47. The number of carbonyl (C=O) groups excluding carboxylic acids is 2. The molecule has 1 aromatic carbocycles. The first-order chi connectivity index (χ1) is 13.7. The van der Waals surface area contributed by atoms with Gasteiger partial charge in [0.1, 0.15) is 12.1 Å². The van der Waals surface area contributed by atoms with E-state index in [4.69, 9.17) is 5.64 Å². The van der Waals surface area contributed by atoms with Gasteiger partial charge in [-0.2, -0.15) is 4.31 Å². The first-order valence-electron chi connectivity index (χ1n) is 8.85. The quantitative estimate of drug-likeness (QED) is 0.300. The average molecular weight is 417 g/mol. The van der Waals surface area contributed by atoms with Crippen molar-refractivity contribution in [1.29, 1.82) is 0 Å². The fraction of sp³-hybridized carbons (Fsp3) is 0.400. The zero-order valence-electron chi connectivity index (χ0n) is 15.5. The van der Waals surface area contributed by atoms with Gasteiger partial charge < -0.3 is 21.4 Å². The number of benzene rings is 1. The minimum Gasteiger partial charge on any atom is -0.480 e. The highest BCUT2D eigenvalue weighted by Crippen LogP contribution is 2.21. The molecule has 1 aliphatic rings. The van der Waals surface area contributed by atoms with Crippen molar-refractivity contribution in [1.82, 2.24) is 14.9 Å². The van der Waals surface area contributed by atoms with Crippen LogP contribution in [0.5, 0.6) is 0 Å². The fourth-order valence-corrected chi connectivity index (χ4v) is 4.47. The molecule has 2 unspecified atom stereocenters. The Morgan fingerprint density at radius 2 is 1.97 bits per heavy atom. The molecule has 2 amide bonds. The predicted octanol–water partition coefficient (Wildman–Crippen LogP) is -2.80. The monoisotopic (exact) mass is 417 g/mol. The van der Waals surface area contributed by atoms with Gasteiger partial charge in [-0.3, -0.25) is 9.59 Å². The first kappa shape index (κ1) is 23.0. The van der Waals surface area contributed by atoms with Crippen LogP contribution in [-0.2, 0) is 19.5 Å². The van der Waals surface area contributed by atoms with Crippen LogP contribution in [0.3, 0.4) is 0 Å². The molecule has 5 N–H and O–H groups in total. The van der Waals surface area contributed by atoms with Crippen LogP contribution in [0.15, 0.2) is 30.3 Å². The van der Waals surface area contributed by atoms with E-state index in [2.05, 4.69) is 10.6 Å². The summed E-state index contributed by atoms with van der Waals surface area (Å²) in [6.07, 6.45) is 0.734. The van der Waals surface area contributed by atoms with Gasteiger partial charge in [0.15, 0.2) is 23.0 Å². The average Bonchev–Trinajstić information content (AvgIpc) is 3.16. The lowest BCUT2D eigenvalue weighted by molar-refractivity contribution is -0.142. The molecule has 2 rings (SSSR count). The fourth-order valence-electron chi connectivity index (χ4n) is 2.90. The molecule has 29 heavy (non-hydrogen) atoms. The van der Waals surface area contributed by atoms with Crippen molar-refractivity contribution >= 4 is 54.1 Å². The number of carboxylic acid groups (broad SMARTS) is 1. The molecule has 0 aliphatic carbocycles. The van der Waals surface area contributed by atoms with E-state index < -0.39 is 39.6 Å². The highest BCUT2D eigenvalue weighted by molar-refractivity contribution is 8.14. The van der Waals surface area contributed by atoms with Gasteiger partial charge >= 0.3 is 12.5 Å². The minimum absolute atomic E-state index is 0.152. The Labute approximate surface area is 171 Å². The zero-order valence-corrected chi connectivity index (χ0v) is 16.3. The molecule has 1 saturated heterocycles. The third-order valence-corrected chi connectivity index (χ3v) is 5.92. The van der Waals surface area contributed by atoms with E-state index in [0.29, 0.717) is 11.9 Å². The number of nitrogens with two attached hydrogens (primary N) is 1. The van der Waals surface area contributed by atoms with Crippen molar-refractivity contribution in [3.8, 4) is 0 Å². The molecule has 0 saturated carbocycles. The molecule has 1 fully saturated rings. The van der Waals surface area contributed by atoms with Crippen molar-refractivity contribution in [3.05, 3.63) is 30.3 Å². The summed E-state index contributed by atoms with van der Waals surface area (Å²) in [5.74, 6) is -2.71. The third-order valence-electron chi connectivity index (χ3n) is 4.26. The van der Waals surface area contributed by atoms with Crippen LogP contribution in [-0.4, -0.2) is 81.7 Å². The van der Waals surface area contributed by atoms with Crippen molar-refractivity contribution < 1.29 is 27.9 Å². The lowest BCUT2D eigenvalue weighted by Crippen LogP contribution is -2.55. The molecule has 1 aliphatic heterocycles. The minimum atomic E-state index is -3.89. The van der Waals surface area contributed by atoms with E-state index in [1.807, 2.05) is 0 Å². The molecule has 1 aromatic rings. The number of aliphatic carboxylic acids is 1. The first-order valence-corrected chi connectivity index (χ1v) is 10.4. The lowest BCUT2D eigenvalue weighted by Gasteiger charge is -2.25. The molecular weight excluding hydrogens is 397 g/mol. The maximum absolute atomic E-state index is 12.7. The Morgan fingerprint density at radius 1 is 1.28 bits per heavy atom. The number of nitrogens with one attached hydrogen (secondary N) is 2. The maximum atomic E-state index is 12.7. The topological polar surface area (TPSA) is 159 Å². The Bertz CT molecular complexity index is 842. The molecule has 3 radical (unpaired) electrons. The van der Waals surface area contributed by atoms with Crippen LogP contribution in [0, 0.1) is 0 Å². The third kappa shape index (κ3) is 6.62. The van der Waals surface area contributed by atoms with Crippen LogP contribution in [0.25, 0.3) is 0 Å². The highest BCUT2D eigenvalue weighted by atomic mass is 32.2. The molecule has 0 spiro atoms. The van der Waals surface area contributed by atoms with Gasteiger partial charge in [0, 0.05) is 13.1 Å². The Morgan fingerprint density at radius 3 is 2.59 bits per heavy atom. The Hall–Kier alpha value is -2.31. The summed E-state index contributed by atoms with van der Waals surface area (Å²) in [5, 5.41) is 13.9. The highest BCUT2D eigenvalue weighted by Gasteiger charge is 2.40. The molecule has 2 atom stereocenters. The SMILES string of the molecule is N[B][B]C(=O)NCC(NC(=O)C1CCCN1S(=O)(=O)[B]c1ccccc1)C(=O)O. The second kappa shape index (κ2) is 10.5. The van der Waals surface area contributed by atoms with Gasteiger partial charge in [0.05, 0.1) is 0 Å². The standard InChI is InChI=1S/C15H20B3N4O6S/c19-18-16-15(26)20-9-11(14(24)25)21-13(23)12-7-4-8-22(12)29(27,28)17-10-5-2-1-3-6-10/h1-3,5-6,11-12H,4,7-9,19H2,(H,20,26)(H,21,23)(H,24,25). The zero-order chi connectivity index (χ0) is 21.4. The van der Waals surface area contributed by atoms with Crippen LogP contribution in [0.4, 0.5) is 4.79 Å². The van der Waals surface area contributed by atoms with E-state index in [9.17, 15) is 27.9 Å². The summed E-state index contributed by atoms with van der Waals surface area (Å²) in [7, 11) is -1.89. The van der Waals surface area contributed by atoms with E-state index in [0.717, 1.165) is 25.3 Å². The Kier molecular flexibility index (Phi) is 8.29. The van der Waals surface area contributed by atoms with Crippen LogP contribution in [0.1, 0.15) is 12.8 Å². The van der Waals surface area contributed by atoms with Gasteiger partial charge in [-0.25, -0.2) is 13.2 Å². The molecule has 151 valence electrons. The number of hydrogen-bond donors (Lipinski definition) is 4. The number of carboxylic acids is 1. The van der Waals surface area contributed by atoms with E-state index in [-0.39, 0.29) is 19.5 Å². The summed E-state index contributed by atoms with van der Waals surface area (Å²) in [6.45, 7) is 0.853. The maximum Gasteiger partial charge on any atom is 0.338 e. The Balaban J connectivity index is 2.04. The van der Waals surface area contributed by atoms with Crippen molar-refractivity contribution in [2.75, 3.05) is 13.1 Å². The van der Waals surface area contributed by atoms with Crippen LogP contribution in [0.2, 0.25) is 0 Å². The molecule has 10 nitrogen and oxygen atoms in total. The number of hydrogen-bond acceptors (Lipinski definition) is 6. The van der Waals surface area contributed by atoms with Gasteiger partial charge in [0.25, 0.3) is 0 Å². The smallest absolute Gasteiger partial charge is 0.338 e. The largest absolute Gasteiger partial charge is 0.480 e. The second-order valence-electron chi connectivity index (χ2n) is 6.35. The van der Waals surface area contributed by atoms with E-state index >= 15 is 0 Å². The summed E-state index contributed by atoms with van der Waals surface area (Å²) in [5.41, 5.74) is 5.55. The normalized spacial score (nSPS) is 17.8. The van der Waals surface area contributed by atoms with E-state index in [1.165, 1.54) is 0 Å². The van der Waals surface area contributed by atoms with Crippen molar-refractivity contribution in [2.24, 2.45) is 5.64 Å². The summed E-state index contributed by atoms with van der Waals surface area (Å²) in [6, 6.07) is 5.96. The van der Waals surface area contributed by atoms with Crippen molar-refractivity contribution in [2.45, 2.75) is 24.9 Å². The summed E-state index contributed by atoms with van der Waals surface area (Å²) in [4.78, 5) is 35.4. The van der Waals surface area contributed by atoms with Gasteiger partial charge in [-0.15, -0.1) is 0 Å². The second-order valence-corrected chi connectivity index (χ2v) is 8.08. The predicted molar refractivity (Wildman–Crippen MR) is 109 cm³/mol. The number of nitrogens with zero attached hydrogens (tertiary/aromatic N) is 1. The number of carbonyl (C=O) groups is 3. The summed E-state index contributed by atoms with van der Waals surface area (Å²) >= 11 is 0. The van der Waals surface area contributed by atoms with E-state index in [1.54, 1.807) is 30.3 Å². The van der Waals surface area contributed by atoms with Crippen molar-refractivity contribution in [3.63, 3.8) is 0 Å². The van der Waals surface area contributed by atoms with Gasteiger partial charge in [0.2, 0.25) is 13.1 Å². The molecular formula is C15H20B3N4O6S. The number of rotatable bonds is 10. The summed E-state index contributed by atoms with van der Waals surface area (Å²) < 4.78 is 26.5. The molecule has 0 aromatic heterocycles. The van der Waals surface area contributed by atoms with Crippen LogP contribution >= 0.6 is 0 Å². The molecule has 0 bridgehead atoms.